The highest BCUT2D eigenvalue weighted by Crippen LogP contribution is 2.35. The van der Waals surface area contributed by atoms with Gasteiger partial charge in [-0.15, -0.1) is 0 Å². The fourth-order valence-electron chi connectivity index (χ4n) is 2.82. The second-order valence-corrected chi connectivity index (χ2v) is 6.38. The summed E-state index contributed by atoms with van der Waals surface area (Å²) >= 11 is 6.11. The molecule has 0 fully saturated rings. The number of ether oxygens (including phenoxy) is 1. The van der Waals surface area contributed by atoms with Crippen LogP contribution in [0.2, 0.25) is 5.15 Å². The predicted octanol–water partition coefficient (Wildman–Crippen LogP) is 6.76. The number of benzene rings is 2. The van der Waals surface area contributed by atoms with Crippen LogP contribution in [-0.2, 0) is 6.18 Å². The van der Waals surface area contributed by atoms with Crippen molar-refractivity contribution in [3.8, 4) is 22.8 Å². The number of nitrogens with zero attached hydrogens (tertiary/aromatic N) is 2. The lowest BCUT2D eigenvalue weighted by molar-refractivity contribution is -0.137. The summed E-state index contributed by atoms with van der Waals surface area (Å²) < 4.78 is 43.9. The highest BCUT2D eigenvalue weighted by atomic mass is 35.5. The van der Waals surface area contributed by atoms with Gasteiger partial charge in [0.25, 0.3) is 0 Å². The highest BCUT2D eigenvalue weighted by Gasteiger charge is 2.30. The van der Waals surface area contributed by atoms with Gasteiger partial charge in [-0.05, 0) is 59.5 Å². The normalized spacial score (nSPS) is 11.6. The Morgan fingerprint density at radius 3 is 2.39 bits per heavy atom. The van der Waals surface area contributed by atoms with Crippen LogP contribution in [0.15, 0.2) is 73.1 Å². The van der Waals surface area contributed by atoms with Gasteiger partial charge in [-0.3, -0.25) is 0 Å². The summed E-state index contributed by atoms with van der Waals surface area (Å²) in [5.41, 5.74) is 0.808. The van der Waals surface area contributed by atoms with E-state index < -0.39 is 11.7 Å². The first-order valence-corrected chi connectivity index (χ1v) is 8.64. The molecule has 0 atom stereocenters. The summed E-state index contributed by atoms with van der Waals surface area (Å²) in [4.78, 5) is 8.29. The third-order valence-corrected chi connectivity index (χ3v) is 4.50. The molecule has 0 aliphatic carbocycles. The van der Waals surface area contributed by atoms with E-state index >= 15 is 0 Å². The summed E-state index contributed by atoms with van der Waals surface area (Å²) in [6, 6.07) is 15.6. The van der Waals surface area contributed by atoms with Crippen LogP contribution in [-0.4, -0.2) is 9.97 Å². The molecule has 0 aliphatic heterocycles. The molecule has 0 radical (unpaired) electrons. The van der Waals surface area contributed by atoms with Crippen molar-refractivity contribution < 1.29 is 17.9 Å². The SMILES string of the molecule is FC(F)(F)c1ccc(Oc2ncccc2-c2ccc3c(Cl)nccc3c2)cc1. The van der Waals surface area contributed by atoms with Crippen molar-refractivity contribution in [1.82, 2.24) is 9.97 Å². The number of halogens is 4. The van der Waals surface area contributed by atoms with Crippen molar-refractivity contribution >= 4 is 22.4 Å². The number of aromatic nitrogens is 2. The molecule has 2 aromatic heterocycles. The molecule has 28 heavy (non-hydrogen) atoms. The van der Waals surface area contributed by atoms with Crippen LogP contribution in [0.3, 0.4) is 0 Å². The van der Waals surface area contributed by atoms with Gasteiger partial charge in [-0.25, -0.2) is 9.97 Å². The Morgan fingerprint density at radius 1 is 0.857 bits per heavy atom. The minimum atomic E-state index is -4.39. The third-order valence-electron chi connectivity index (χ3n) is 4.19. The maximum absolute atomic E-state index is 12.7. The Kier molecular flexibility index (Phi) is 4.65. The molecule has 2 aromatic carbocycles. The number of alkyl halides is 3. The lowest BCUT2D eigenvalue weighted by Gasteiger charge is -2.12. The van der Waals surface area contributed by atoms with Crippen LogP contribution in [0.25, 0.3) is 21.9 Å². The van der Waals surface area contributed by atoms with Crippen LogP contribution in [0.4, 0.5) is 13.2 Å². The Morgan fingerprint density at radius 2 is 1.64 bits per heavy atom. The fourth-order valence-corrected chi connectivity index (χ4v) is 3.05. The second kappa shape index (κ2) is 7.13. The lowest BCUT2D eigenvalue weighted by Crippen LogP contribution is -2.04. The van der Waals surface area contributed by atoms with Gasteiger partial charge in [-0.1, -0.05) is 23.7 Å². The molecule has 0 aliphatic rings. The van der Waals surface area contributed by atoms with Gasteiger partial charge in [0.1, 0.15) is 10.9 Å². The van der Waals surface area contributed by atoms with Crippen LogP contribution >= 0.6 is 11.6 Å². The van der Waals surface area contributed by atoms with Gasteiger partial charge in [0.05, 0.1) is 5.56 Å². The van der Waals surface area contributed by atoms with Crippen molar-refractivity contribution in [1.29, 1.82) is 0 Å². The molecule has 7 heteroatoms. The summed E-state index contributed by atoms with van der Waals surface area (Å²) in [5, 5.41) is 2.14. The summed E-state index contributed by atoms with van der Waals surface area (Å²) in [5.74, 6) is 0.558. The van der Waals surface area contributed by atoms with Gasteiger partial charge in [0.2, 0.25) is 5.88 Å². The number of rotatable bonds is 3. The van der Waals surface area contributed by atoms with Crippen molar-refractivity contribution in [2.45, 2.75) is 6.18 Å². The molecule has 0 N–H and O–H groups in total. The smallest absolute Gasteiger partial charge is 0.416 e. The standard InChI is InChI=1S/C21H12ClF3N2O/c22-19-17-8-3-13(12-14(17)9-11-26-19)18-2-1-10-27-20(18)28-16-6-4-15(5-7-16)21(23,24)25/h1-12H. The molecule has 0 saturated heterocycles. The quantitative estimate of drug-likeness (QED) is 0.356. The molecular weight excluding hydrogens is 389 g/mol. The van der Waals surface area contributed by atoms with E-state index in [1.165, 1.54) is 12.1 Å². The first-order valence-electron chi connectivity index (χ1n) is 8.26. The summed E-state index contributed by atoms with van der Waals surface area (Å²) in [7, 11) is 0. The van der Waals surface area contributed by atoms with Crippen LogP contribution in [0.1, 0.15) is 5.56 Å². The Bertz CT molecular complexity index is 1140. The van der Waals surface area contributed by atoms with Crippen molar-refractivity contribution in [3.63, 3.8) is 0 Å². The van der Waals surface area contributed by atoms with Crippen molar-refractivity contribution in [2.75, 3.05) is 0 Å². The zero-order chi connectivity index (χ0) is 19.7. The maximum atomic E-state index is 12.7. The van der Waals surface area contributed by atoms with E-state index in [0.29, 0.717) is 16.6 Å². The second-order valence-electron chi connectivity index (χ2n) is 6.02. The molecule has 2 heterocycles. The highest BCUT2D eigenvalue weighted by molar-refractivity contribution is 6.34. The molecule has 0 amide bonds. The van der Waals surface area contributed by atoms with Crippen LogP contribution in [0.5, 0.6) is 11.6 Å². The molecule has 3 nitrogen and oxygen atoms in total. The monoisotopic (exact) mass is 400 g/mol. The predicted molar refractivity (Wildman–Crippen MR) is 102 cm³/mol. The minimum absolute atomic E-state index is 0.265. The summed E-state index contributed by atoms with van der Waals surface area (Å²) in [6.07, 6.45) is -1.21. The average Bonchev–Trinajstić information content (AvgIpc) is 2.68. The lowest BCUT2D eigenvalue weighted by atomic mass is 10.0. The topological polar surface area (TPSA) is 35.0 Å². The molecule has 0 bridgehead atoms. The zero-order valence-electron chi connectivity index (χ0n) is 14.2. The molecule has 0 unspecified atom stereocenters. The molecule has 0 saturated carbocycles. The number of fused-ring (bicyclic) bond motifs is 1. The maximum Gasteiger partial charge on any atom is 0.416 e. The van der Waals surface area contributed by atoms with E-state index in [-0.39, 0.29) is 5.75 Å². The van der Waals surface area contributed by atoms with Crippen molar-refractivity contribution in [3.05, 3.63) is 83.8 Å². The van der Waals surface area contributed by atoms with Gasteiger partial charge in [-0.2, -0.15) is 13.2 Å². The van der Waals surface area contributed by atoms with Crippen molar-refractivity contribution in [2.24, 2.45) is 0 Å². The molecule has 0 spiro atoms. The van der Waals surface area contributed by atoms with Gasteiger partial charge < -0.3 is 4.74 Å². The molecule has 140 valence electrons. The molecular formula is C21H12ClF3N2O. The number of hydrogen-bond donors (Lipinski definition) is 0. The molecule has 4 aromatic rings. The zero-order valence-corrected chi connectivity index (χ0v) is 15.0. The Hall–Kier alpha value is -3.12. The number of pyridine rings is 2. The first kappa shape index (κ1) is 18.3. The average molecular weight is 401 g/mol. The van der Waals surface area contributed by atoms with Crippen LogP contribution in [0, 0.1) is 0 Å². The third kappa shape index (κ3) is 3.64. The Balaban J connectivity index is 1.69. The van der Waals surface area contributed by atoms with E-state index in [2.05, 4.69) is 9.97 Å². The van der Waals surface area contributed by atoms with Gasteiger partial charge in [0, 0.05) is 23.3 Å². The minimum Gasteiger partial charge on any atom is -0.438 e. The van der Waals surface area contributed by atoms with E-state index in [0.717, 1.165) is 28.5 Å². The Labute approximate surface area is 163 Å². The largest absolute Gasteiger partial charge is 0.438 e. The van der Waals surface area contributed by atoms with E-state index in [1.54, 1.807) is 18.5 Å². The van der Waals surface area contributed by atoms with Gasteiger partial charge >= 0.3 is 6.18 Å². The van der Waals surface area contributed by atoms with E-state index in [4.69, 9.17) is 16.3 Å². The van der Waals surface area contributed by atoms with E-state index in [9.17, 15) is 13.2 Å². The first-order chi connectivity index (χ1) is 13.4. The summed E-state index contributed by atoms with van der Waals surface area (Å²) in [6.45, 7) is 0. The van der Waals surface area contributed by atoms with E-state index in [1.807, 2.05) is 30.3 Å². The molecule has 4 rings (SSSR count). The van der Waals surface area contributed by atoms with Gasteiger partial charge in [0.15, 0.2) is 0 Å². The fraction of sp³-hybridized carbons (Fsp3) is 0.0476. The van der Waals surface area contributed by atoms with Crippen LogP contribution < -0.4 is 4.74 Å². The number of hydrogen-bond acceptors (Lipinski definition) is 3.